The van der Waals surface area contributed by atoms with Crippen LogP contribution in [0.1, 0.15) is 10.4 Å². The van der Waals surface area contributed by atoms with Crippen LogP contribution in [0.4, 0.5) is 5.69 Å². The van der Waals surface area contributed by atoms with Gasteiger partial charge in [-0.05, 0) is 18.2 Å². The van der Waals surface area contributed by atoms with Crippen molar-refractivity contribution in [3.63, 3.8) is 0 Å². The Morgan fingerprint density at radius 2 is 2.05 bits per heavy atom. The molecule has 0 spiro atoms. The third kappa shape index (κ3) is 3.39. The van der Waals surface area contributed by atoms with E-state index >= 15 is 0 Å². The Kier molecular flexibility index (Phi) is 4.25. The predicted molar refractivity (Wildman–Crippen MR) is 74.4 cm³/mol. The van der Waals surface area contributed by atoms with Gasteiger partial charge >= 0.3 is 11.7 Å². The number of carbonyl (C=O) groups is 1. The normalized spacial score (nSPS) is 10.2. The van der Waals surface area contributed by atoms with Gasteiger partial charge in [-0.1, -0.05) is 23.2 Å². The lowest BCUT2D eigenvalue weighted by atomic mass is 10.2. The maximum atomic E-state index is 11.0. The van der Waals surface area contributed by atoms with Crippen molar-refractivity contribution < 1.29 is 19.6 Å². The number of carboxylic acids is 1. The molecule has 7 nitrogen and oxygen atoms in total. The Morgan fingerprint density at radius 3 is 2.62 bits per heavy atom. The SMILES string of the molecule is O=C(O)c1cnc(Oc2ccc(Cl)cc2Cl)c([N+](=O)[O-])c1. The number of pyridine rings is 1. The van der Waals surface area contributed by atoms with Crippen molar-refractivity contribution >= 4 is 34.9 Å². The Balaban J connectivity index is 2.44. The first-order valence-electron chi connectivity index (χ1n) is 5.39. The van der Waals surface area contributed by atoms with Crippen LogP contribution in [0.25, 0.3) is 0 Å². The monoisotopic (exact) mass is 328 g/mol. The van der Waals surface area contributed by atoms with Gasteiger partial charge in [0.25, 0.3) is 5.88 Å². The summed E-state index contributed by atoms with van der Waals surface area (Å²) in [4.78, 5) is 24.6. The van der Waals surface area contributed by atoms with Crippen LogP contribution in [-0.4, -0.2) is 21.0 Å². The average molecular weight is 329 g/mol. The van der Waals surface area contributed by atoms with Gasteiger partial charge in [-0.25, -0.2) is 9.78 Å². The molecule has 0 radical (unpaired) electrons. The second-order valence-electron chi connectivity index (χ2n) is 3.79. The number of aromatic nitrogens is 1. The Labute approximate surface area is 127 Å². The minimum atomic E-state index is -1.33. The number of hydrogen-bond donors (Lipinski definition) is 1. The Hall–Kier alpha value is -2.38. The summed E-state index contributed by atoms with van der Waals surface area (Å²) in [6, 6.07) is 5.16. The van der Waals surface area contributed by atoms with Crippen molar-refractivity contribution in [2.24, 2.45) is 0 Å². The largest absolute Gasteiger partial charge is 0.478 e. The van der Waals surface area contributed by atoms with Crippen molar-refractivity contribution in [1.82, 2.24) is 4.98 Å². The molecule has 0 aliphatic rings. The molecule has 0 bridgehead atoms. The summed E-state index contributed by atoms with van der Waals surface area (Å²) in [5, 5.41) is 20.3. The first-order chi connectivity index (χ1) is 9.88. The van der Waals surface area contributed by atoms with Crippen molar-refractivity contribution in [3.8, 4) is 11.6 Å². The zero-order valence-electron chi connectivity index (χ0n) is 10.1. The first-order valence-corrected chi connectivity index (χ1v) is 6.14. The van der Waals surface area contributed by atoms with Gasteiger partial charge in [0, 0.05) is 17.3 Å². The minimum Gasteiger partial charge on any atom is -0.478 e. The van der Waals surface area contributed by atoms with Crippen molar-refractivity contribution in [1.29, 1.82) is 0 Å². The van der Waals surface area contributed by atoms with Gasteiger partial charge in [0.15, 0.2) is 0 Å². The molecule has 0 saturated heterocycles. The minimum absolute atomic E-state index is 0.111. The van der Waals surface area contributed by atoms with Crippen LogP contribution in [0.15, 0.2) is 30.5 Å². The van der Waals surface area contributed by atoms with Crippen LogP contribution in [0.3, 0.4) is 0 Å². The van der Waals surface area contributed by atoms with E-state index in [1.165, 1.54) is 18.2 Å². The van der Waals surface area contributed by atoms with E-state index in [-0.39, 0.29) is 22.2 Å². The molecule has 0 unspecified atom stereocenters. The summed E-state index contributed by atoms with van der Waals surface area (Å²) in [6.07, 6.45) is 0.953. The fraction of sp³-hybridized carbons (Fsp3) is 0. The molecule has 0 atom stereocenters. The number of halogens is 2. The highest BCUT2D eigenvalue weighted by atomic mass is 35.5. The van der Waals surface area contributed by atoms with Gasteiger partial charge in [-0.15, -0.1) is 0 Å². The molecular formula is C12H6Cl2N2O5. The van der Waals surface area contributed by atoms with E-state index in [0.717, 1.165) is 12.3 Å². The molecule has 0 amide bonds. The van der Waals surface area contributed by atoms with Crippen LogP contribution < -0.4 is 4.74 Å². The second kappa shape index (κ2) is 5.94. The van der Waals surface area contributed by atoms with Gasteiger partial charge in [-0.2, -0.15) is 0 Å². The van der Waals surface area contributed by atoms with E-state index in [4.69, 9.17) is 33.0 Å². The van der Waals surface area contributed by atoms with Crippen molar-refractivity contribution in [2.45, 2.75) is 0 Å². The van der Waals surface area contributed by atoms with Crippen LogP contribution >= 0.6 is 23.2 Å². The third-order valence-electron chi connectivity index (χ3n) is 2.38. The van der Waals surface area contributed by atoms with E-state index in [1.54, 1.807) is 0 Å². The molecule has 2 aromatic rings. The molecule has 108 valence electrons. The molecule has 1 heterocycles. The van der Waals surface area contributed by atoms with Crippen LogP contribution in [0, 0.1) is 10.1 Å². The third-order valence-corrected chi connectivity index (χ3v) is 2.91. The standard InChI is InChI=1S/C12H6Cl2N2O5/c13-7-1-2-10(8(14)4-7)21-11-9(16(19)20)3-6(5-15-11)12(17)18/h1-5H,(H,17,18). The number of nitrogens with zero attached hydrogens (tertiary/aromatic N) is 2. The van der Waals surface area contributed by atoms with E-state index in [9.17, 15) is 14.9 Å². The van der Waals surface area contributed by atoms with E-state index in [1.807, 2.05) is 0 Å². The average Bonchev–Trinajstić information content (AvgIpc) is 2.41. The number of aromatic carboxylic acids is 1. The van der Waals surface area contributed by atoms with Gasteiger partial charge < -0.3 is 9.84 Å². The van der Waals surface area contributed by atoms with Gasteiger partial charge in [0.2, 0.25) is 0 Å². The van der Waals surface area contributed by atoms with E-state index < -0.39 is 16.6 Å². The summed E-state index contributed by atoms with van der Waals surface area (Å²) in [6.45, 7) is 0. The summed E-state index contributed by atoms with van der Waals surface area (Å²) >= 11 is 11.6. The molecule has 2 rings (SSSR count). The molecule has 21 heavy (non-hydrogen) atoms. The van der Waals surface area contributed by atoms with E-state index in [0.29, 0.717) is 5.02 Å². The van der Waals surface area contributed by atoms with Crippen molar-refractivity contribution in [2.75, 3.05) is 0 Å². The lowest BCUT2D eigenvalue weighted by molar-refractivity contribution is -0.386. The number of ether oxygens (including phenoxy) is 1. The number of rotatable bonds is 4. The lowest BCUT2D eigenvalue weighted by Gasteiger charge is -2.07. The Bertz CT molecular complexity index is 736. The van der Waals surface area contributed by atoms with Gasteiger partial charge in [0.1, 0.15) is 5.75 Å². The quantitative estimate of drug-likeness (QED) is 0.676. The number of carboxylic acid groups (broad SMARTS) is 1. The molecule has 0 aliphatic carbocycles. The lowest BCUT2D eigenvalue weighted by Crippen LogP contribution is -2.02. The molecule has 1 aromatic heterocycles. The van der Waals surface area contributed by atoms with Crippen LogP contribution in [0.5, 0.6) is 11.6 Å². The molecule has 0 fully saturated rings. The summed E-state index contributed by atoms with van der Waals surface area (Å²) in [7, 11) is 0. The smallest absolute Gasteiger partial charge is 0.337 e. The highest BCUT2D eigenvalue weighted by molar-refractivity contribution is 6.35. The summed E-state index contributed by atoms with van der Waals surface area (Å²) in [5.41, 5.74) is -0.905. The molecule has 1 N–H and O–H groups in total. The van der Waals surface area contributed by atoms with Gasteiger partial charge in [-0.3, -0.25) is 10.1 Å². The Morgan fingerprint density at radius 1 is 1.33 bits per heavy atom. The molecule has 1 aromatic carbocycles. The highest BCUT2D eigenvalue weighted by Crippen LogP contribution is 2.34. The fourth-order valence-corrected chi connectivity index (χ4v) is 1.88. The number of benzene rings is 1. The maximum Gasteiger partial charge on any atom is 0.337 e. The first kappa shape index (κ1) is 15.0. The molecule has 0 aliphatic heterocycles. The number of hydrogen-bond acceptors (Lipinski definition) is 5. The molecule has 9 heteroatoms. The zero-order valence-corrected chi connectivity index (χ0v) is 11.6. The zero-order chi connectivity index (χ0) is 15.6. The summed E-state index contributed by atoms with van der Waals surface area (Å²) < 4.78 is 5.26. The predicted octanol–water partition coefficient (Wildman–Crippen LogP) is 3.79. The summed E-state index contributed by atoms with van der Waals surface area (Å²) in [5.74, 6) is -1.59. The maximum absolute atomic E-state index is 11.0. The highest BCUT2D eigenvalue weighted by Gasteiger charge is 2.21. The van der Waals surface area contributed by atoms with Crippen LogP contribution in [0.2, 0.25) is 10.0 Å². The number of nitro groups is 1. The molecule has 0 saturated carbocycles. The second-order valence-corrected chi connectivity index (χ2v) is 4.63. The van der Waals surface area contributed by atoms with Crippen molar-refractivity contribution in [3.05, 3.63) is 56.2 Å². The van der Waals surface area contributed by atoms with E-state index in [2.05, 4.69) is 4.98 Å². The van der Waals surface area contributed by atoms with Gasteiger partial charge in [0.05, 0.1) is 15.5 Å². The molecular weight excluding hydrogens is 323 g/mol. The topological polar surface area (TPSA) is 103 Å². The fourth-order valence-electron chi connectivity index (χ4n) is 1.43. The van der Waals surface area contributed by atoms with Crippen LogP contribution in [-0.2, 0) is 0 Å².